The molecule has 0 spiro atoms. The molecule has 0 atom stereocenters. The van der Waals surface area contributed by atoms with Gasteiger partial charge in [0, 0.05) is 24.9 Å². The molecule has 0 aliphatic carbocycles. The van der Waals surface area contributed by atoms with E-state index in [0.717, 1.165) is 0 Å². The Morgan fingerprint density at radius 3 is 2.62 bits per heavy atom. The van der Waals surface area contributed by atoms with E-state index in [9.17, 15) is 9.18 Å². The molecule has 0 radical (unpaired) electrons. The molecular formula is C16H22Cl2FN3O2. The smallest absolute Gasteiger partial charge is 0.220 e. The first-order valence-corrected chi connectivity index (χ1v) is 7.10. The number of nitrogens with zero attached hydrogens (tertiary/aromatic N) is 1. The summed E-state index contributed by atoms with van der Waals surface area (Å²) in [5.41, 5.74) is 5.70. The van der Waals surface area contributed by atoms with Crippen LogP contribution in [0.15, 0.2) is 34.9 Å². The van der Waals surface area contributed by atoms with Gasteiger partial charge in [0.15, 0.2) is 11.7 Å². The Balaban J connectivity index is 0.00000264. The second kappa shape index (κ2) is 9.61. The maximum atomic E-state index is 13.6. The summed E-state index contributed by atoms with van der Waals surface area (Å²) in [7, 11) is 0. The van der Waals surface area contributed by atoms with Crippen molar-refractivity contribution < 1.29 is 13.6 Å². The average molecular weight is 378 g/mol. The third-order valence-electron chi connectivity index (χ3n) is 3.00. The van der Waals surface area contributed by atoms with Crippen molar-refractivity contribution in [1.82, 2.24) is 10.3 Å². The Bertz CT molecular complexity index is 657. The maximum Gasteiger partial charge on any atom is 0.220 e. The van der Waals surface area contributed by atoms with Gasteiger partial charge in [-0.25, -0.2) is 9.37 Å². The number of aryl methyl sites for hydroxylation is 1. The summed E-state index contributed by atoms with van der Waals surface area (Å²) >= 11 is 0. The largest absolute Gasteiger partial charge is 0.441 e. The van der Waals surface area contributed by atoms with Gasteiger partial charge in [-0.15, -0.1) is 24.8 Å². The Morgan fingerprint density at radius 1 is 1.33 bits per heavy atom. The van der Waals surface area contributed by atoms with Crippen molar-refractivity contribution in [2.45, 2.75) is 32.2 Å². The van der Waals surface area contributed by atoms with Crippen LogP contribution < -0.4 is 11.1 Å². The summed E-state index contributed by atoms with van der Waals surface area (Å²) in [5, 5.41) is 2.75. The maximum absolute atomic E-state index is 13.6. The summed E-state index contributed by atoms with van der Waals surface area (Å²) in [6.07, 6.45) is 2.06. The standard InChI is InChI=1S/C16H20FN3O2.2ClH/c1-16(2,18)10-20-14(21)7-8-15-19-9-13(22-15)11-5-3-4-6-12(11)17;;/h3-6,9H,7-8,10,18H2,1-2H3,(H,20,21);2*1H. The number of rotatable bonds is 6. The lowest BCUT2D eigenvalue weighted by atomic mass is 10.1. The first kappa shape index (κ1) is 22.4. The molecule has 1 heterocycles. The van der Waals surface area contributed by atoms with Crippen molar-refractivity contribution in [2.24, 2.45) is 5.73 Å². The average Bonchev–Trinajstić information content (AvgIpc) is 2.91. The van der Waals surface area contributed by atoms with Crippen LogP contribution in [0.1, 0.15) is 26.2 Å². The molecule has 0 aliphatic rings. The number of carbonyl (C=O) groups excluding carboxylic acids is 1. The molecule has 24 heavy (non-hydrogen) atoms. The number of hydrogen-bond donors (Lipinski definition) is 2. The topological polar surface area (TPSA) is 81.1 Å². The van der Waals surface area contributed by atoms with Crippen LogP contribution in [-0.4, -0.2) is 23.0 Å². The van der Waals surface area contributed by atoms with E-state index < -0.39 is 5.54 Å². The number of halogens is 3. The van der Waals surface area contributed by atoms with Gasteiger partial charge in [0.25, 0.3) is 0 Å². The lowest BCUT2D eigenvalue weighted by Crippen LogP contribution is -2.45. The van der Waals surface area contributed by atoms with E-state index >= 15 is 0 Å². The molecule has 2 rings (SSSR count). The van der Waals surface area contributed by atoms with Gasteiger partial charge >= 0.3 is 0 Å². The molecule has 2 aromatic rings. The molecule has 1 amide bonds. The van der Waals surface area contributed by atoms with Gasteiger partial charge in [-0.2, -0.15) is 0 Å². The highest BCUT2D eigenvalue weighted by molar-refractivity contribution is 5.85. The zero-order valence-electron chi connectivity index (χ0n) is 13.5. The van der Waals surface area contributed by atoms with E-state index in [1.807, 2.05) is 13.8 Å². The quantitative estimate of drug-likeness (QED) is 0.810. The molecule has 0 unspecified atom stereocenters. The van der Waals surface area contributed by atoms with Gasteiger partial charge < -0.3 is 15.5 Å². The number of benzene rings is 1. The first-order chi connectivity index (χ1) is 10.3. The number of nitrogens with two attached hydrogens (primary N) is 1. The van der Waals surface area contributed by atoms with E-state index in [0.29, 0.717) is 30.2 Å². The minimum atomic E-state index is -0.448. The van der Waals surface area contributed by atoms with Gasteiger partial charge in [0.05, 0.1) is 11.8 Å². The normalized spacial score (nSPS) is 10.5. The fourth-order valence-electron chi connectivity index (χ4n) is 1.85. The highest BCUT2D eigenvalue weighted by Crippen LogP contribution is 2.23. The predicted octanol–water partition coefficient (Wildman–Crippen LogP) is 3.11. The van der Waals surface area contributed by atoms with Gasteiger partial charge in [-0.1, -0.05) is 12.1 Å². The van der Waals surface area contributed by atoms with Gasteiger partial charge in [-0.3, -0.25) is 4.79 Å². The van der Waals surface area contributed by atoms with Crippen molar-refractivity contribution >= 4 is 30.7 Å². The zero-order chi connectivity index (χ0) is 16.2. The Hall–Kier alpha value is -1.63. The van der Waals surface area contributed by atoms with Crippen LogP contribution in [0.4, 0.5) is 4.39 Å². The second-order valence-corrected chi connectivity index (χ2v) is 5.86. The fourth-order valence-corrected chi connectivity index (χ4v) is 1.85. The fraction of sp³-hybridized carbons (Fsp3) is 0.375. The summed E-state index contributed by atoms with van der Waals surface area (Å²) in [5.74, 6) is 0.272. The predicted molar refractivity (Wildman–Crippen MR) is 96.0 cm³/mol. The lowest BCUT2D eigenvalue weighted by Gasteiger charge is -2.18. The zero-order valence-corrected chi connectivity index (χ0v) is 15.2. The number of oxazole rings is 1. The molecule has 134 valence electrons. The molecule has 5 nitrogen and oxygen atoms in total. The van der Waals surface area contributed by atoms with E-state index in [4.69, 9.17) is 10.2 Å². The van der Waals surface area contributed by atoms with Crippen LogP contribution in [0.2, 0.25) is 0 Å². The molecule has 8 heteroatoms. The van der Waals surface area contributed by atoms with E-state index in [2.05, 4.69) is 10.3 Å². The molecule has 0 fully saturated rings. The molecule has 1 aromatic carbocycles. The number of nitrogens with one attached hydrogen (secondary N) is 1. The van der Waals surface area contributed by atoms with E-state index in [1.165, 1.54) is 12.3 Å². The minimum absolute atomic E-state index is 0. The highest BCUT2D eigenvalue weighted by Gasteiger charge is 2.14. The molecular weight excluding hydrogens is 356 g/mol. The Kier molecular flexibility index (Phi) is 8.96. The molecule has 3 N–H and O–H groups in total. The third-order valence-corrected chi connectivity index (χ3v) is 3.00. The van der Waals surface area contributed by atoms with Crippen molar-refractivity contribution in [3.63, 3.8) is 0 Å². The van der Waals surface area contributed by atoms with Gasteiger partial charge in [0.1, 0.15) is 5.82 Å². The molecule has 1 aromatic heterocycles. The summed E-state index contributed by atoms with van der Waals surface area (Å²) < 4.78 is 19.1. The van der Waals surface area contributed by atoms with Crippen LogP contribution in [0.3, 0.4) is 0 Å². The summed E-state index contributed by atoms with van der Waals surface area (Å²) in [4.78, 5) is 15.8. The van der Waals surface area contributed by atoms with Gasteiger partial charge in [0.2, 0.25) is 5.91 Å². The van der Waals surface area contributed by atoms with Crippen LogP contribution in [-0.2, 0) is 11.2 Å². The third kappa shape index (κ3) is 6.86. The van der Waals surface area contributed by atoms with E-state index in [1.54, 1.807) is 18.2 Å². The molecule has 0 saturated heterocycles. The minimum Gasteiger partial charge on any atom is -0.441 e. The molecule has 0 aliphatic heterocycles. The summed E-state index contributed by atoms with van der Waals surface area (Å²) in [6.45, 7) is 4.07. The SMILES string of the molecule is CC(C)(N)CNC(=O)CCc1ncc(-c2ccccc2F)o1.Cl.Cl. The number of hydrogen-bond acceptors (Lipinski definition) is 4. The first-order valence-electron chi connectivity index (χ1n) is 7.10. The van der Waals surface area contributed by atoms with Crippen molar-refractivity contribution in [1.29, 1.82) is 0 Å². The van der Waals surface area contributed by atoms with Crippen LogP contribution >= 0.6 is 24.8 Å². The number of carbonyl (C=O) groups is 1. The van der Waals surface area contributed by atoms with Crippen molar-refractivity contribution in [3.8, 4) is 11.3 Å². The number of amides is 1. The number of aromatic nitrogens is 1. The van der Waals surface area contributed by atoms with E-state index in [-0.39, 0.29) is 43.0 Å². The summed E-state index contributed by atoms with van der Waals surface area (Å²) in [6, 6.07) is 6.32. The Morgan fingerprint density at radius 2 is 2.00 bits per heavy atom. The monoisotopic (exact) mass is 377 g/mol. The van der Waals surface area contributed by atoms with Crippen LogP contribution in [0, 0.1) is 5.82 Å². The second-order valence-electron chi connectivity index (χ2n) is 5.86. The Labute approximate surface area is 153 Å². The van der Waals surface area contributed by atoms with Gasteiger partial charge in [-0.05, 0) is 26.0 Å². The van der Waals surface area contributed by atoms with Crippen molar-refractivity contribution in [3.05, 3.63) is 42.2 Å². The van der Waals surface area contributed by atoms with Crippen LogP contribution in [0.25, 0.3) is 11.3 Å². The lowest BCUT2D eigenvalue weighted by molar-refractivity contribution is -0.121. The van der Waals surface area contributed by atoms with Crippen LogP contribution in [0.5, 0.6) is 0 Å². The molecule has 0 saturated carbocycles. The molecule has 0 bridgehead atoms. The van der Waals surface area contributed by atoms with Crippen molar-refractivity contribution in [2.75, 3.05) is 6.54 Å². The highest BCUT2D eigenvalue weighted by atomic mass is 35.5.